The summed E-state index contributed by atoms with van der Waals surface area (Å²) in [7, 11) is 0. The molecule has 2 heterocycles. The zero-order valence-electron chi connectivity index (χ0n) is 18.1. The monoisotopic (exact) mass is 444 g/mol. The van der Waals surface area contributed by atoms with Crippen LogP contribution in [0.5, 0.6) is 0 Å². The van der Waals surface area contributed by atoms with E-state index in [1.165, 1.54) is 12.1 Å². The van der Waals surface area contributed by atoms with Crippen molar-refractivity contribution in [1.82, 2.24) is 25.2 Å². The molecule has 1 unspecified atom stereocenters. The minimum atomic E-state index is -4.33. The highest BCUT2D eigenvalue weighted by atomic mass is 19.4. The van der Waals surface area contributed by atoms with Crippen LogP contribution in [-0.4, -0.2) is 33.6 Å². The fourth-order valence-corrected chi connectivity index (χ4v) is 3.16. The molecule has 0 saturated carbocycles. The van der Waals surface area contributed by atoms with E-state index in [9.17, 15) is 13.2 Å². The van der Waals surface area contributed by atoms with Gasteiger partial charge in [0.1, 0.15) is 12.1 Å². The van der Waals surface area contributed by atoms with Gasteiger partial charge in [0.05, 0.1) is 12.1 Å². The van der Waals surface area contributed by atoms with Crippen LogP contribution in [0.4, 0.5) is 13.2 Å². The van der Waals surface area contributed by atoms with Gasteiger partial charge in [-0.1, -0.05) is 31.2 Å². The summed E-state index contributed by atoms with van der Waals surface area (Å²) < 4.78 is 40.7. The van der Waals surface area contributed by atoms with Crippen LogP contribution in [0, 0.1) is 0 Å². The van der Waals surface area contributed by atoms with Crippen molar-refractivity contribution in [3.8, 4) is 5.82 Å². The molecule has 3 aromatic rings. The van der Waals surface area contributed by atoms with Gasteiger partial charge < -0.3 is 10.6 Å². The van der Waals surface area contributed by atoms with Crippen LogP contribution in [0.2, 0.25) is 0 Å². The quantitative estimate of drug-likeness (QED) is 0.396. The highest BCUT2D eigenvalue weighted by Gasteiger charge is 2.30. The second-order valence-corrected chi connectivity index (χ2v) is 7.43. The van der Waals surface area contributed by atoms with Gasteiger partial charge in [0.25, 0.3) is 0 Å². The van der Waals surface area contributed by atoms with Crippen molar-refractivity contribution in [3.63, 3.8) is 0 Å². The first-order valence-corrected chi connectivity index (χ1v) is 10.5. The standard InChI is InChI=1S/C23H27F3N6/c1-3-28-22(31-15-18-7-8-21(30-14-18)32-12-11-27-16-32)29-10-9-17(2)19-5-4-6-20(13-19)23(24,25)26/h4-8,11-14,16-17H,3,9-10,15H2,1-2H3,(H2,28,29,31). The van der Waals surface area contributed by atoms with E-state index in [0.717, 1.165) is 17.4 Å². The summed E-state index contributed by atoms with van der Waals surface area (Å²) in [5.74, 6) is 1.42. The van der Waals surface area contributed by atoms with E-state index in [0.29, 0.717) is 37.6 Å². The van der Waals surface area contributed by atoms with Crippen LogP contribution in [0.1, 0.15) is 42.9 Å². The summed E-state index contributed by atoms with van der Waals surface area (Å²) in [6.07, 6.45) is 3.33. The summed E-state index contributed by atoms with van der Waals surface area (Å²) in [6, 6.07) is 9.39. The number of guanidine groups is 1. The molecule has 0 saturated heterocycles. The largest absolute Gasteiger partial charge is 0.416 e. The van der Waals surface area contributed by atoms with Crippen molar-refractivity contribution in [2.75, 3.05) is 13.1 Å². The van der Waals surface area contributed by atoms with E-state index in [1.807, 2.05) is 36.7 Å². The van der Waals surface area contributed by atoms with E-state index in [2.05, 4.69) is 25.6 Å². The summed E-state index contributed by atoms with van der Waals surface area (Å²) in [5.41, 5.74) is 1.02. The predicted molar refractivity (Wildman–Crippen MR) is 119 cm³/mol. The number of aliphatic imine (C=N–C) groups is 1. The Labute approximate surface area is 185 Å². The zero-order chi connectivity index (χ0) is 23.0. The highest BCUT2D eigenvalue weighted by molar-refractivity contribution is 5.79. The number of pyridine rings is 1. The van der Waals surface area contributed by atoms with E-state index in [4.69, 9.17) is 0 Å². The molecule has 0 aliphatic heterocycles. The number of benzene rings is 1. The predicted octanol–water partition coefficient (Wildman–Crippen LogP) is 4.54. The van der Waals surface area contributed by atoms with Gasteiger partial charge in [-0.25, -0.2) is 15.0 Å². The number of alkyl halides is 3. The lowest BCUT2D eigenvalue weighted by molar-refractivity contribution is -0.137. The molecule has 1 atom stereocenters. The zero-order valence-corrected chi connectivity index (χ0v) is 18.1. The summed E-state index contributed by atoms with van der Waals surface area (Å²) in [4.78, 5) is 13.0. The van der Waals surface area contributed by atoms with Crippen LogP contribution in [0.3, 0.4) is 0 Å². The van der Waals surface area contributed by atoms with Gasteiger partial charge in [-0.3, -0.25) is 4.57 Å². The molecular weight excluding hydrogens is 417 g/mol. The van der Waals surface area contributed by atoms with E-state index < -0.39 is 11.7 Å². The average molecular weight is 445 g/mol. The van der Waals surface area contributed by atoms with Gasteiger partial charge in [-0.2, -0.15) is 13.2 Å². The number of imidazole rings is 1. The van der Waals surface area contributed by atoms with Crippen LogP contribution in [-0.2, 0) is 12.7 Å². The first kappa shape index (κ1) is 23.3. The van der Waals surface area contributed by atoms with Crippen molar-refractivity contribution < 1.29 is 13.2 Å². The number of rotatable bonds is 8. The average Bonchev–Trinajstić information content (AvgIpc) is 3.32. The van der Waals surface area contributed by atoms with Gasteiger partial charge in [0, 0.05) is 31.7 Å². The Balaban J connectivity index is 1.54. The molecule has 0 radical (unpaired) electrons. The van der Waals surface area contributed by atoms with Gasteiger partial charge in [0.15, 0.2) is 5.96 Å². The molecule has 3 rings (SSSR count). The fourth-order valence-electron chi connectivity index (χ4n) is 3.16. The molecule has 0 amide bonds. The third-order valence-corrected chi connectivity index (χ3v) is 4.99. The van der Waals surface area contributed by atoms with Crippen LogP contribution in [0.15, 0.2) is 66.3 Å². The van der Waals surface area contributed by atoms with Gasteiger partial charge >= 0.3 is 6.18 Å². The van der Waals surface area contributed by atoms with Crippen molar-refractivity contribution in [3.05, 3.63) is 78.0 Å². The Bertz CT molecular complexity index is 997. The molecule has 0 fully saturated rings. The summed E-state index contributed by atoms with van der Waals surface area (Å²) in [5, 5.41) is 6.44. The highest BCUT2D eigenvalue weighted by Crippen LogP contribution is 2.31. The molecule has 9 heteroatoms. The molecule has 32 heavy (non-hydrogen) atoms. The molecule has 1 aromatic carbocycles. The second kappa shape index (κ2) is 10.8. The Kier molecular flexibility index (Phi) is 7.86. The molecule has 6 nitrogen and oxygen atoms in total. The van der Waals surface area contributed by atoms with Crippen LogP contribution < -0.4 is 10.6 Å². The minimum Gasteiger partial charge on any atom is -0.357 e. The maximum Gasteiger partial charge on any atom is 0.416 e. The number of nitrogens with zero attached hydrogens (tertiary/aromatic N) is 4. The number of nitrogens with one attached hydrogen (secondary N) is 2. The third-order valence-electron chi connectivity index (χ3n) is 4.99. The molecule has 2 N–H and O–H groups in total. The van der Waals surface area contributed by atoms with E-state index in [1.54, 1.807) is 24.8 Å². The van der Waals surface area contributed by atoms with Crippen molar-refractivity contribution >= 4 is 5.96 Å². The number of hydrogen-bond acceptors (Lipinski definition) is 3. The lowest BCUT2D eigenvalue weighted by Crippen LogP contribution is -2.38. The summed E-state index contributed by atoms with van der Waals surface area (Å²) >= 11 is 0. The van der Waals surface area contributed by atoms with Gasteiger partial charge in [-0.05, 0) is 42.5 Å². The molecule has 170 valence electrons. The molecule has 0 aliphatic rings. The van der Waals surface area contributed by atoms with Crippen molar-refractivity contribution in [2.45, 2.75) is 38.9 Å². The topological polar surface area (TPSA) is 67.1 Å². The van der Waals surface area contributed by atoms with E-state index in [-0.39, 0.29) is 5.92 Å². The smallest absolute Gasteiger partial charge is 0.357 e. The maximum absolute atomic E-state index is 12.9. The van der Waals surface area contributed by atoms with Gasteiger partial charge in [-0.15, -0.1) is 0 Å². The lowest BCUT2D eigenvalue weighted by Gasteiger charge is -2.16. The van der Waals surface area contributed by atoms with Crippen LogP contribution >= 0.6 is 0 Å². The minimum absolute atomic E-state index is 0.0207. The normalized spacial score (nSPS) is 13.1. The molecule has 2 aromatic heterocycles. The van der Waals surface area contributed by atoms with E-state index >= 15 is 0 Å². The first-order chi connectivity index (χ1) is 15.4. The van der Waals surface area contributed by atoms with Crippen LogP contribution in [0.25, 0.3) is 5.82 Å². The van der Waals surface area contributed by atoms with Gasteiger partial charge in [0.2, 0.25) is 0 Å². The fraction of sp³-hybridized carbons (Fsp3) is 0.348. The van der Waals surface area contributed by atoms with Crippen molar-refractivity contribution in [2.24, 2.45) is 4.99 Å². The molecule has 0 bridgehead atoms. The Morgan fingerprint density at radius 1 is 1.19 bits per heavy atom. The maximum atomic E-state index is 12.9. The SMILES string of the molecule is CCNC(=NCc1ccc(-n2ccnc2)nc1)NCCC(C)c1cccc(C(F)(F)F)c1. The second-order valence-electron chi connectivity index (χ2n) is 7.43. The van der Waals surface area contributed by atoms with Crippen molar-refractivity contribution in [1.29, 1.82) is 0 Å². The first-order valence-electron chi connectivity index (χ1n) is 10.5. The Morgan fingerprint density at radius 3 is 2.69 bits per heavy atom. The summed E-state index contributed by atoms with van der Waals surface area (Å²) in [6.45, 7) is 5.64. The number of halogens is 3. The Hall–Kier alpha value is -3.36. The number of hydrogen-bond donors (Lipinski definition) is 2. The molecule has 0 aliphatic carbocycles. The lowest BCUT2D eigenvalue weighted by atomic mass is 9.96. The molecular formula is C23H27F3N6. The third kappa shape index (κ3) is 6.57. The Morgan fingerprint density at radius 2 is 2.03 bits per heavy atom. The molecule has 0 spiro atoms. The number of aromatic nitrogens is 3.